The van der Waals surface area contributed by atoms with Crippen molar-refractivity contribution in [2.75, 3.05) is 13.1 Å². The standard InChI is InChI=1S/C15H14F3N3O/c16-12-3-2-11(13(17)14(12)18)15(22)20-8-4-10(5-9-20)21-7-1-6-19-21/h1-3,6-7,10H,4-5,8-9H2. The third-order valence-electron chi connectivity index (χ3n) is 3.92. The fourth-order valence-electron chi connectivity index (χ4n) is 2.69. The Morgan fingerprint density at radius 2 is 1.86 bits per heavy atom. The van der Waals surface area contributed by atoms with Crippen LogP contribution >= 0.6 is 0 Å². The van der Waals surface area contributed by atoms with Crippen molar-refractivity contribution in [2.24, 2.45) is 0 Å². The van der Waals surface area contributed by atoms with E-state index in [-0.39, 0.29) is 6.04 Å². The highest BCUT2D eigenvalue weighted by Gasteiger charge is 2.27. The lowest BCUT2D eigenvalue weighted by Gasteiger charge is -2.32. The molecule has 0 saturated carbocycles. The molecule has 0 atom stereocenters. The van der Waals surface area contributed by atoms with Crippen molar-refractivity contribution in [3.8, 4) is 0 Å². The van der Waals surface area contributed by atoms with Crippen molar-refractivity contribution in [3.63, 3.8) is 0 Å². The number of likely N-dealkylation sites (tertiary alicyclic amines) is 1. The molecule has 0 radical (unpaired) electrons. The molecule has 1 saturated heterocycles. The first kappa shape index (κ1) is 14.6. The van der Waals surface area contributed by atoms with E-state index < -0.39 is 28.9 Å². The SMILES string of the molecule is O=C(c1ccc(F)c(F)c1F)N1CCC(n2cccn2)CC1. The maximum atomic E-state index is 13.7. The number of nitrogens with zero attached hydrogens (tertiary/aromatic N) is 3. The van der Waals surface area contributed by atoms with Gasteiger partial charge in [-0.1, -0.05) is 0 Å². The summed E-state index contributed by atoms with van der Waals surface area (Å²) in [4.78, 5) is 13.7. The van der Waals surface area contributed by atoms with Gasteiger partial charge in [0.1, 0.15) is 0 Å². The molecule has 0 unspecified atom stereocenters. The largest absolute Gasteiger partial charge is 0.338 e. The summed E-state index contributed by atoms with van der Waals surface area (Å²) in [5, 5.41) is 4.17. The van der Waals surface area contributed by atoms with Crippen molar-refractivity contribution in [1.82, 2.24) is 14.7 Å². The number of amides is 1. The van der Waals surface area contributed by atoms with Crippen LogP contribution in [0.5, 0.6) is 0 Å². The fourth-order valence-corrected chi connectivity index (χ4v) is 2.69. The molecule has 1 aromatic carbocycles. The van der Waals surface area contributed by atoms with E-state index in [9.17, 15) is 18.0 Å². The summed E-state index contributed by atoms with van der Waals surface area (Å²) in [5.41, 5.74) is -0.434. The Morgan fingerprint density at radius 1 is 1.14 bits per heavy atom. The van der Waals surface area contributed by atoms with Gasteiger partial charge in [-0.2, -0.15) is 5.10 Å². The quantitative estimate of drug-likeness (QED) is 0.800. The molecule has 0 aliphatic carbocycles. The molecule has 1 fully saturated rings. The van der Waals surface area contributed by atoms with Crippen LogP contribution in [-0.2, 0) is 0 Å². The van der Waals surface area contributed by atoms with E-state index >= 15 is 0 Å². The molecule has 1 aliphatic heterocycles. The first-order valence-corrected chi connectivity index (χ1v) is 7.00. The first-order valence-electron chi connectivity index (χ1n) is 7.00. The molecule has 1 aliphatic rings. The molecular weight excluding hydrogens is 295 g/mol. The van der Waals surface area contributed by atoms with E-state index in [1.54, 1.807) is 6.20 Å². The van der Waals surface area contributed by atoms with Crippen LogP contribution in [0.2, 0.25) is 0 Å². The number of piperidine rings is 1. The number of carbonyl (C=O) groups excluding carboxylic acids is 1. The molecule has 2 heterocycles. The Balaban J connectivity index is 1.71. The van der Waals surface area contributed by atoms with Gasteiger partial charge in [-0.05, 0) is 31.0 Å². The Labute approximate surface area is 125 Å². The molecule has 0 N–H and O–H groups in total. The Kier molecular flexibility index (Phi) is 3.87. The zero-order chi connectivity index (χ0) is 15.7. The van der Waals surface area contributed by atoms with Gasteiger partial charge in [0, 0.05) is 25.5 Å². The Bertz CT molecular complexity index is 680. The summed E-state index contributed by atoms with van der Waals surface area (Å²) in [6, 6.07) is 3.76. The van der Waals surface area contributed by atoms with Crippen molar-refractivity contribution in [2.45, 2.75) is 18.9 Å². The molecule has 0 bridgehead atoms. The third-order valence-corrected chi connectivity index (χ3v) is 3.92. The second-order valence-electron chi connectivity index (χ2n) is 5.23. The van der Waals surface area contributed by atoms with E-state index in [1.807, 2.05) is 16.9 Å². The number of benzene rings is 1. The first-order chi connectivity index (χ1) is 10.6. The minimum Gasteiger partial charge on any atom is -0.338 e. The number of halogens is 3. The highest BCUT2D eigenvalue weighted by molar-refractivity contribution is 5.94. The topological polar surface area (TPSA) is 38.1 Å². The van der Waals surface area contributed by atoms with Gasteiger partial charge in [0.2, 0.25) is 0 Å². The minimum atomic E-state index is -1.61. The fraction of sp³-hybridized carbons (Fsp3) is 0.333. The molecule has 1 amide bonds. The lowest BCUT2D eigenvalue weighted by molar-refractivity contribution is 0.0684. The third kappa shape index (κ3) is 2.58. The van der Waals surface area contributed by atoms with Crippen LogP contribution in [-0.4, -0.2) is 33.7 Å². The van der Waals surface area contributed by atoms with Crippen molar-refractivity contribution >= 4 is 5.91 Å². The van der Waals surface area contributed by atoms with Crippen molar-refractivity contribution < 1.29 is 18.0 Å². The predicted octanol–water partition coefficient (Wildman–Crippen LogP) is 2.78. The number of rotatable bonds is 2. The van der Waals surface area contributed by atoms with Crippen molar-refractivity contribution in [1.29, 1.82) is 0 Å². The van der Waals surface area contributed by atoms with Gasteiger partial charge in [-0.15, -0.1) is 0 Å². The summed E-state index contributed by atoms with van der Waals surface area (Å²) < 4.78 is 41.7. The second-order valence-corrected chi connectivity index (χ2v) is 5.23. The van der Waals surface area contributed by atoms with Crippen LogP contribution in [0.15, 0.2) is 30.6 Å². The van der Waals surface area contributed by atoms with Crippen LogP contribution < -0.4 is 0 Å². The molecule has 4 nitrogen and oxygen atoms in total. The molecule has 22 heavy (non-hydrogen) atoms. The number of aromatic nitrogens is 2. The summed E-state index contributed by atoms with van der Waals surface area (Å²) in [6.45, 7) is 0.837. The maximum Gasteiger partial charge on any atom is 0.256 e. The van der Waals surface area contributed by atoms with E-state index in [0.717, 1.165) is 12.1 Å². The van der Waals surface area contributed by atoms with Crippen LogP contribution in [0, 0.1) is 17.5 Å². The van der Waals surface area contributed by atoms with Crippen LogP contribution in [0.3, 0.4) is 0 Å². The van der Waals surface area contributed by atoms with Gasteiger partial charge in [-0.25, -0.2) is 13.2 Å². The number of hydrogen-bond acceptors (Lipinski definition) is 2. The average Bonchev–Trinajstić information content (AvgIpc) is 3.07. The second kappa shape index (κ2) is 5.82. The smallest absolute Gasteiger partial charge is 0.256 e. The van der Waals surface area contributed by atoms with E-state index in [4.69, 9.17) is 0 Å². The summed E-state index contributed by atoms with van der Waals surface area (Å²) in [5.74, 6) is -4.96. The molecule has 3 rings (SSSR count). The summed E-state index contributed by atoms with van der Waals surface area (Å²) in [6.07, 6.45) is 4.91. The molecule has 7 heteroatoms. The highest BCUT2D eigenvalue weighted by Crippen LogP contribution is 2.24. The molecule has 116 valence electrons. The molecule has 0 spiro atoms. The molecular formula is C15H14F3N3O. The highest BCUT2D eigenvalue weighted by atomic mass is 19.2. The minimum absolute atomic E-state index is 0.189. The monoisotopic (exact) mass is 309 g/mol. The van der Waals surface area contributed by atoms with E-state index in [2.05, 4.69) is 5.10 Å². The predicted molar refractivity (Wildman–Crippen MR) is 72.7 cm³/mol. The van der Waals surface area contributed by atoms with Gasteiger partial charge in [0.25, 0.3) is 5.91 Å². The molecule has 1 aromatic heterocycles. The van der Waals surface area contributed by atoms with Gasteiger partial charge in [-0.3, -0.25) is 9.48 Å². The maximum absolute atomic E-state index is 13.7. The van der Waals surface area contributed by atoms with E-state index in [0.29, 0.717) is 25.9 Å². The van der Waals surface area contributed by atoms with Gasteiger partial charge >= 0.3 is 0 Å². The van der Waals surface area contributed by atoms with Crippen LogP contribution in [0.4, 0.5) is 13.2 Å². The zero-order valence-corrected chi connectivity index (χ0v) is 11.7. The lowest BCUT2D eigenvalue weighted by Crippen LogP contribution is -2.39. The van der Waals surface area contributed by atoms with Gasteiger partial charge in [0.15, 0.2) is 17.5 Å². The zero-order valence-electron chi connectivity index (χ0n) is 11.7. The summed E-state index contributed by atoms with van der Waals surface area (Å²) in [7, 11) is 0. The van der Waals surface area contributed by atoms with Crippen LogP contribution in [0.25, 0.3) is 0 Å². The van der Waals surface area contributed by atoms with Crippen molar-refractivity contribution in [3.05, 3.63) is 53.6 Å². The van der Waals surface area contributed by atoms with Gasteiger partial charge < -0.3 is 4.90 Å². The van der Waals surface area contributed by atoms with E-state index in [1.165, 1.54) is 4.90 Å². The normalized spacial score (nSPS) is 16.0. The Hall–Kier alpha value is -2.31. The number of carbonyl (C=O) groups is 1. The summed E-state index contributed by atoms with van der Waals surface area (Å²) >= 11 is 0. The Morgan fingerprint density at radius 3 is 2.50 bits per heavy atom. The molecule has 2 aromatic rings. The van der Waals surface area contributed by atoms with Crippen LogP contribution in [0.1, 0.15) is 29.2 Å². The lowest BCUT2D eigenvalue weighted by atomic mass is 10.0. The number of hydrogen-bond donors (Lipinski definition) is 0. The average molecular weight is 309 g/mol. The van der Waals surface area contributed by atoms with Gasteiger partial charge in [0.05, 0.1) is 11.6 Å².